The Bertz CT molecular complexity index is 852. The average Bonchev–Trinajstić information content (AvgIpc) is 3.16. The molecular weight excluding hydrogens is 322 g/mol. The lowest BCUT2D eigenvalue weighted by molar-refractivity contribution is 0.0931. The van der Waals surface area contributed by atoms with Crippen LogP contribution in [-0.2, 0) is 0 Å². The first kappa shape index (κ1) is 15.1. The van der Waals surface area contributed by atoms with Crippen molar-refractivity contribution in [3.63, 3.8) is 0 Å². The molecule has 1 aliphatic rings. The predicted octanol–water partition coefficient (Wildman–Crippen LogP) is 3.99. The first-order valence-electron chi connectivity index (χ1n) is 7.96. The molecule has 2 heterocycles. The molecule has 1 fully saturated rings. The number of benzene rings is 1. The second-order valence-electron chi connectivity index (χ2n) is 6.06. The fourth-order valence-electron chi connectivity index (χ4n) is 2.65. The first-order chi connectivity index (χ1) is 11.7. The van der Waals surface area contributed by atoms with Crippen LogP contribution in [0.2, 0.25) is 0 Å². The van der Waals surface area contributed by atoms with Crippen molar-refractivity contribution in [2.24, 2.45) is 5.92 Å². The summed E-state index contributed by atoms with van der Waals surface area (Å²) in [6.45, 7) is 1.88. The summed E-state index contributed by atoms with van der Waals surface area (Å²) >= 11 is 1.55. The molecule has 0 aliphatic heterocycles. The number of carbonyl (C=O) groups excluding carboxylic acids is 1. The highest BCUT2D eigenvalue weighted by atomic mass is 32.1. The molecule has 5 nitrogen and oxygen atoms in total. The SMILES string of the molecule is Cc1cc(-c2csc([C@H](NC(=O)c3ccccc3)C3CC3)n2)on1. The van der Waals surface area contributed by atoms with Crippen LogP contribution in [0.15, 0.2) is 46.3 Å². The standard InChI is InChI=1S/C18H17N3O2S/c1-11-9-15(23-21-11)14-10-24-18(19-14)16(12-7-8-12)20-17(22)13-5-3-2-4-6-13/h2-6,9-10,12,16H,7-8H2,1H3,(H,20,22)/t16-/m1/s1. The van der Waals surface area contributed by atoms with Crippen molar-refractivity contribution in [1.29, 1.82) is 0 Å². The van der Waals surface area contributed by atoms with Crippen molar-refractivity contribution in [3.05, 3.63) is 58.0 Å². The number of hydrogen-bond donors (Lipinski definition) is 1. The molecule has 4 rings (SSSR count). The molecule has 1 amide bonds. The van der Waals surface area contributed by atoms with Crippen molar-refractivity contribution >= 4 is 17.2 Å². The van der Waals surface area contributed by atoms with E-state index in [0.29, 0.717) is 17.2 Å². The molecule has 0 spiro atoms. The van der Waals surface area contributed by atoms with Crippen molar-refractivity contribution < 1.29 is 9.32 Å². The zero-order valence-corrected chi connectivity index (χ0v) is 14.0. The summed E-state index contributed by atoms with van der Waals surface area (Å²) in [7, 11) is 0. The molecule has 6 heteroatoms. The molecular formula is C18H17N3O2S. The fourth-order valence-corrected chi connectivity index (χ4v) is 3.60. The molecule has 24 heavy (non-hydrogen) atoms. The molecule has 0 radical (unpaired) electrons. The summed E-state index contributed by atoms with van der Waals surface area (Å²) in [4.78, 5) is 17.2. The van der Waals surface area contributed by atoms with Gasteiger partial charge in [0.05, 0.1) is 11.7 Å². The van der Waals surface area contributed by atoms with Gasteiger partial charge in [-0.1, -0.05) is 23.4 Å². The molecule has 1 aromatic carbocycles. The van der Waals surface area contributed by atoms with E-state index in [1.807, 2.05) is 48.7 Å². The molecule has 122 valence electrons. The van der Waals surface area contributed by atoms with E-state index >= 15 is 0 Å². The van der Waals surface area contributed by atoms with Gasteiger partial charge in [-0.15, -0.1) is 11.3 Å². The van der Waals surface area contributed by atoms with Crippen LogP contribution < -0.4 is 5.32 Å². The summed E-state index contributed by atoms with van der Waals surface area (Å²) < 4.78 is 5.28. The van der Waals surface area contributed by atoms with Crippen molar-refractivity contribution in [2.45, 2.75) is 25.8 Å². The topological polar surface area (TPSA) is 68.0 Å². The number of aryl methyl sites for hydroxylation is 1. The number of carbonyl (C=O) groups is 1. The van der Waals surface area contributed by atoms with Gasteiger partial charge in [0.25, 0.3) is 5.91 Å². The molecule has 0 bridgehead atoms. The average molecular weight is 339 g/mol. The number of amides is 1. The second-order valence-corrected chi connectivity index (χ2v) is 6.95. The summed E-state index contributed by atoms with van der Waals surface area (Å²) in [5, 5.41) is 9.93. The predicted molar refractivity (Wildman–Crippen MR) is 91.7 cm³/mol. The normalized spacial score (nSPS) is 15.2. The van der Waals surface area contributed by atoms with Gasteiger partial charge in [-0.3, -0.25) is 4.79 Å². The molecule has 1 aliphatic carbocycles. The Kier molecular flexibility index (Phi) is 3.90. The third-order valence-electron chi connectivity index (χ3n) is 4.08. The van der Waals surface area contributed by atoms with Gasteiger partial charge < -0.3 is 9.84 Å². The fraction of sp³-hybridized carbons (Fsp3) is 0.278. The van der Waals surface area contributed by atoms with Crippen LogP contribution >= 0.6 is 11.3 Å². The lowest BCUT2D eigenvalue weighted by atomic mass is 10.1. The second kappa shape index (κ2) is 6.20. The molecule has 2 aromatic heterocycles. The van der Waals surface area contributed by atoms with Crippen LogP contribution in [0.5, 0.6) is 0 Å². The van der Waals surface area contributed by atoms with Crippen molar-refractivity contribution in [2.75, 3.05) is 0 Å². The van der Waals surface area contributed by atoms with Gasteiger partial charge in [0.2, 0.25) is 0 Å². The monoisotopic (exact) mass is 339 g/mol. The Balaban J connectivity index is 1.56. The first-order valence-corrected chi connectivity index (χ1v) is 8.84. The van der Waals surface area contributed by atoms with E-state index in [0.717, 1.165) is 29.2 Å². The van der Waals surface area contributed by atoms with Gasteiger partial charge in [0.15, 0.2) is 5.76 Å². The van der Waals surface area contributed by atoms with Gasteiger partial charge in [0, 0.05) is 17.0 Å². The molecule has 0 unspecified atom stereocenters. The van der Waals surface area contributed by atoms with E-state index in [-0.39, 0.29) is 11.9 Å². The molecule has 1 N–H and O–H groups in total. The zero-order valence-electron chi connectivity index (χ0n) is 13.2. The maximum absolute atomic E-state index is 12.5. The van der Waals surface area contributed by atoms with Crippen LogP contribution in [0.25, 0.3) is 11.5 Å². The van der Waals surface area contributed by atoms with E-state index in [2.05, 4.69) is 15.5 Å². The quantitative estimate of drug-likeness (QED) is 0.763. The maximum atomic E-state index is 12.5. The highest BCUT2D eigenvalue weighted by molar-refractivity contribution is 7.10. The van der Waals surface area contributed by atoms with Gasteiger partial charge >= 0.3 is 0 Å². The lowest BCUT2D eigenvalue weighted by Gasteiger charge is -2.15. The van der Waals surface area contributed by atoms with Crippen molar-refractivity contribution in [1.82, 2.24) is 15.5 Å². The Labute approximate surface area is 143 Å². The van der Waals surface area contributed by atoms with E-state index in [1.54, 1.807) is 11.3 Å². The summed E-state index contributed by atoms with van der Waals surface area (Å²) in [6, 6.07) is 11.1. The number of rotatable bonds is 5. The molecule has 0 saturated heterocycles. The van der Waals surface area contributed by atoms with Crippen LogP contribution in [0.1, 0.15) is 39.9 Å². The number of aromatic nitrogens is 2. The maximum Gasteiger partial charge on any atom is 0.251 e. The van der Waals surface area contributed by atoms with Gasteiger partial charge in [-0.05, 0) is 37.8 Å². The Morgan fingerprint density at radius 3 is 2.79 bits per heavy atom. The van der Waals surface area contributed by atoms with E-state index in [9.17, 15) is 4.79 Å². The van der Waals surface area contributed by atoms with Crippen LogP contribution in [0, 0.1) is 12.8 Å². The zero-order chi connectivity index (χ0) is 16.5. The van der Waals surface area contributed by atoms with Crippen LogP contribution in [0.3, 0.4) is 0 Å². The van der Waals surface area contributed by atoms with Crippen LogP contribution in [-0.4, -0.2) is 16.0 Å². The highest BCUT2D eigenvalue weighted by Crippen LogP contribution is 2.42. The van der Waals surface area contributed by atoms with Gasteiger partial charge in [-0.2, -0.15) is 0 Å². The van der Waals surface area contributed by atoms with E-state index in [4.69, 9.17) is 4.52 Å². The number of thiazole rings is 1. The largest absolute Gasteiger partial charge is 0.354 e. The number of nitrogens with zero attached hydrogens (tertiary/aromatic N) is 2. The van der Waals surface area contributed by atoms with Gasteiger partial charge in [0.1, 0.15) is 10.7 Å². The van der Waals surface area contributed by atoms with E-state index in [1.165, 1.54) is 0 Å². The summed E-state index contributed by atoms with van der Waals surface area (Å²) in [5.41, 5.74) is 2.27. The minimum Gasteiger partial charge on any atom is -0.354 e. The Hall–Kier alpha value is -2.47. The minimum absolute atomic E-state index is 0.0412. The smallest absolute Gasteiger partial charge is 0.251 e. The molecule has 3 aromatic rings. The highest BCUT2D eigenvalue weighted by Gasteiger charge is 2.35. The minimum atomic E-state index is -0.0558. The number of nitrogens with one attached hydrogen (secondary N) is 1. The van der Waals surface area contributed by atoms with Crippen molar-refractivity contribution in [3.8, 4) is 11.5 Å². The van der Waals surface area contributed by atoms with E-state index < -0.39 is 0 Å². The third-order valence-corrected chi connectivity index (χ3v) is 5.01. The van der Waals surface area contributed by atoms with Crippen LogP contribution in [0.4, 0.5) is 0 Å². The lowest BCUT2D eigenvalue weighted by Crippen LogP contribution is -2.29. The Morgan fingerprint density at radius 1 is 1.33 bits per heavy atom. The third kappa shape index (κ3) is 3.10. The summed E-state index contributed by atoms with van der Waals surface area (Å²) in [6.07, 6.45) is 2.24. The summed E-state index contributed by atoms with van der Waals surface area (Å²) in [5.74, 6) is 1.08. The Morgan fingerprint density at radius 2 is 2.12 bits per heavy atom. The van der Waals surface area contributed by atoms with Gasteiger partial charge in [-0.25, -0.2) is 4.98 Å². The molecule has 1 atom stereocenters. The molecule has 1 saturated carbocycles. The number of hydrogen-bond acceptors (Lipinski definition) is 5.